The van der Waals surface area contributed by atoms with Crippen molar-refractivity contribution in [2.75, 3.05) is 32.1 Å². The fourth-order valence-electron chi connectivity index (χ4n) is 2.58. The van der Waals surface area contributed by atoms with E-state index in [2.05, 4.69) is 52.0 Å². The molecule has 2 aromatic rings. The molecule has 0 aromatic carbocycles. The molecule has 0 bridgehead atoms. The number of imidazole rings is 1. The number of nitrogens with one attached hydrogen (secondary N) is 1. The van der Waals surface area contributed by atoms with Gasteiger partial charge in [0, 0.05) is 32.8 Å². The van der Waals surface area contributed by atoms with Crippen LogP contribution >= 0.6 is 0 Å². The van der Waals surface area contributed by atoms with Crippen molar-refractivity contribution in [2.45, 2.75) is 12.3 Å². The predicted octanol–water partition coefficient (Wildman–Crippen LogP) is 1.48. The van der Waals surface area contributed by atoms with Crippen molar-refractivity contribution in [1.82, 2.24) is 14.7 Å². The van der Waals surface area contributed by atoms with Crippen molar-refractivity contribution in [2.24, 2.45) is 0 Å². The molecular formula is C13H18N4. The number of hydrogen-bond acceptors (Lipinski definition) is 3. The normalized spacial score (nSPS) is 20.0. The van der Waals surface area contributed by atoms with Gasteiger partial charge in [-0.1, -0.05) is 0 Å². The summed E-state index contributed by atoms with van der Waals surface area (Å²) in [4.78, 5) is 6.75. The topological polar surface area (TPSA) is 32.6 Å². The van der Waals surface area contributed by atoms with Crippen LogP contribution in [0.4, 0.5) is 5.69 Å². The third-order valence-electron chi connectivity index (χ3n) is 3.48. The summed E-state index contributed by atoms with van der Waals surface area (Å²) in [5.41, 5.74) is 2.41. The molecule has 0 saturated carbocycles. The number of rotatable bonds is 2. The standard InChI is InChI=1S/C13H18N4/c1-16(2)11-4-3-7-17-12(11)9-15-13(17)10-5-6-14-8-10/h3-4,7,9-10,14H,5-6,8H2,1-2H3. The molecule has 17 heavy (non-hydrogen) atoms. The first-order valence-corrected chi connectivity index (χ1v) is 6.11. The molecule has 1 fully saturated rings. The molecule has 1 atom stereocenters. The van der Waals surface area contributed by atoms with Crippen LogP contribution in [0.2, 0.25) is 0 Å². The molecule has 3 heterocycles. The summed E-state index contributed by atoms with van der Waals surface area (Å²) >= 11 is 0. The van der Waals surface area contributed by atoms with Crippen LogP contribution in [0.5, 0.6) is 0 Å². The number of fused-ring (bicyclic) bond motifs is 1. The maximum Gasteiger partial charge on any atom is 0.117 e. The van der Waals surface area contributed by atoms with E-state index >= 15 is 0 Å². The molecule has 1 unspecified atom stereocenters. The summed E-state index contributed by atoms with van der Waals surface area (Å²) in [6, 6.07) is 4.23. The van der Waals surface area contributed by atoms with Gasteiger partial charge in [0.1, 0.15) is 5.82 Å². The quantitative estimate of drug-likeness (QED) is 0.848. The highest BCUT2D eigenvalue weighted by atomic mass is 15.1. The Labute approximate surface area is 101 Å². The van der Waals surface area contributed by atoms with Crippen LogP contribution < -0.4 is 10.2 Å². The summed E-state index contributed by atoms with van der Waals surface area (Å²) in [6.07, 6.45) is 5.29. The first-order valence-electron chi connectivity index (χ1n) is 6.11. The average molecular weight is 230 g/mol. The van der Waals surface area contributed by atoms with E-state index in [0.717, 1.165) is 13.1 Å². The zero-order valence-corrected chi connectivity index (χ0v) is 10.3. The van der Waals surface area contributed by atoms with E-state index in [0.29, 0.717) is 5.92 Å². The molecule has 3 rings (SSSR count). The minimum absolute atomic E-state index is 0.551. The Bertz CT molecular complexity index is 523. The lowest BCUT2D eigenvalue weighted by atomic mass is 10.1. The highest BCUT2D eigenvalue weighted by molar-refractivity contribution is 5.72. The highest BCUT2D eigenvalue weighted by Gasteiger charge is 2.21. The highest BCUT2D eigenvalue weighted by Crippen LogP contribution is 2.26. The van der Waals surface area contributed by atoms with Crippen LogP contribution in [-0.4, -0.2) is 36.6 Å². The third-order valence-corrected chi connectivity index (χ3v) is 3.48. The maximum atomic E-state index is 4.62. The molecule has 0 aliphatic carbocycles. The molecule has 90 valence electrons. The zero-order chi connectivity index (χ0) is 11.8. The molecule has 2 aromatic heterocycles. The smallest absolute Gasteiger partial charge is 0.117 e. The SMILES string of the molecule is CN(C)c1cccn2c(C3CCNC3)ncc12. The molecule has 1 saturated heterocycles. The summed E-state index contributed by atoms with van der Waals surface area (Å²) in [7, 11) is 4.14. The molecule has 0 radical (unpaired) electrons. The van der Waals surface area contributed by atoms with Crippen LogP contribution in [0.25, 0.3) is 5.52 Å². The van der Waals surface area contributed by atoms with Gasteiger partial charge in [0.25, 0.3) is 0 Å². The minimum Gasteiger partial charge on any atom is -0.376 e. The molecule has 1 N–H and O–H groups in total. The van der Waals surface area contributed by atoms with Gasteiger partial charge < -0.3 is 14.6 Å². The Morgan fingerprint density at radius 1 is 1.47 bits per heavy atom. The van der Waals surface area contributed by atoms with E-state index in [1.165, 1.54) is 23.4 Å². The van der Waals surface area contributed by atoms with E-state index < -0.39 is 0 Å². The average Bonchev–Trinajstić information content (AvgIpc) is 2.96. The Hall–Kier alpha value is -1.55. The second kappa shape index (κ2) is 4.04. The maximum absolute atomic E-state index is 4.62. The Morgan fingerprint density at radius 3 is 3.06 bits per heavy atom. The molecule has 4 nitrogen and oxygen atoms in total. The fourth-order valence-corrected chi connectivity index (χ4v) is 2.58. The van der Waals surface area contributed by atoms with Crippen LogP contribution in [0.15, 0.2) is 24.5 Å². The summed E-state index contributed by atoms with van der Waals surface area (Å²) in [5, 5.41) is 3.40. The summed E-state index contributed by atoms with van der Waals surface area (Å²) < 4.78 is 2.23. The van der Waals surface area contributed by atoms with Gasteiger partial charge in [-0.15, -0.1) is 0 Å². The number of anilines is 1. The van der Waals surface area contributed by atoms with Crippen molar-refractivity contribution < 1.29 is 0 Å². The lowest BCUT2D eigenvalue weighted by Crippen LogP contribution is -2.12. The van der Waals surface area contributed by atoms with Gasteiger partial charge in [0.05, 0.1) is 17.4 Å². The van der Waals surface area contributed by atoms with Crippen molar-refractivity contribution in [1.29, 1.82) is 0 Å². The van der Waals surface area contributed by atoms with Gasteiger partial charge in [-0.05, 0) is 25.1 Å². The minimum atomic E-state index is 0.551. The van der Waals surface area contributed by atoms with Crippen molar-refractivity contribution >= 4 is 11.2 Å². The molecule has 1 aliphatic heterocycles. The number of pyridine rings is 1. The van der Waals surface area contributed by atoms with Crippen LogP contribution in [0.1, 0.15) is 18.2 Å². The van der Waals surface area contributed by atoms with Crippen molar-refractivity contribution in [3.05, 3.63) is 30.4 Å². The van der Waals surface area contributed by atoms with Gasteiger partial charge in [-0.2, -0.15) is 0 Å². The lowest BCUT2D eigenvalue weighted by molar-refractivity contribution is 0.698. The number of nitrogens with zero attached hydrogens (tertiary/aromatic N) is 3. The summed E-state index contributed by atoms with van der Waals surface area (Å²) in [5.74, 6) is 1.74. The van der Waals surface area contributed by atoms with Crippen LogP contribution in [0, 0.1) is 0 Å². The third kappa shape index (κ3) is 1.69. The zero-order valence-electron chi connectivity index (χ0n) is 10.3. The molecule has 4 heteroatoms. The second-order valence-electron chi connectivity index (χ2n) is 4.85. The van der Waals surface area contributed by atoms with Crippen molar-refractivity contribution in [3.63, 3.8) is 0 Å². The summed E-state index contributed by atoms with van der Waals surface area (Å²) in [6.45, 7) is 2.15. The molecular weight excluding hydrogens is 212 g/mol. The molecule has 0 spiro atoms. The largest absolute Gasteiger partial charge is 0.376 e. The van der Waals surface area contributed by atoms with Crippen LogP contribution in [0.3, 0.4) is 0 Å². The van der Waals surface area contributed by atoms with Gasteiger partial charge >= 0.3 is 0 Å². The first kappa shape index (κ1) is 10.6. The number of hydrogen-bond donors (Lipinski definition) is 1. The van der Waals surface area contributed by atoms with E-state index in [1.807, 2.05) is 6.20 Å². The van der Waals surface area contributed by atoms with Gasteiger partial charge in [0.2, 0.25) is 0 Å². The van der Waals surface area contributed by atoms with Gasteiger partial charge in [-0.3, -0.25) is 0 Å². The second-order valence-corrected chi connectivity index (χ2v) is 4.85. The Kier molecular flexibility index (Phi) is 2.52. The lowest BCUT2D eigenvalue weighted by Gasteiger charge is -2.14. The van der Waals surface area contributed by atoms with Crippen molar-refractivity contribution in [3.8, 4) is 0 Å². The van der Waals surface area contributed by atoms with Gasteiger partial charge in [-0.25, -0.2) is 4.98 Å². The van der Waals surface area contributed by atoms with E-state index in [9.17, 15) is 0 Å². The van der Waals surface area contributed by atoms with E-state index in [1.54, 1.807) is 0 Å². The predicted molar refractivity (Wildman–Crippen MR) is 69.7 cm³/mol. The first-order chi connectivity index (χ1) is 8.27. The fraction of sp³-hybridized carbons (Fsp3) is 0.462. The van der Waals surface area contributed by atoms with Gasteiger partial charge in [0.15, 0.2) is 0 Å². The Morgan fingerprint density at radius 2 is 2.35 bits per heavy atom. The van der Waals surface area contributed by atoms with E-state index in [4.69, 9.17) is 0 Å². The number of aromatic nitrogens is 2. The monoisotopic (exact) mass is 230 g/mol. The Balaban J connectivity index is 2.12. The molecule has 1 aliphatic rings. The molecule has 0 amide bonds. The van der Waals surface area contributed by atoms with Crippen LogP contribution in [-0.2, 0) is 0 Å². The van der Waals surface area contributed by atoms with E-state index in [-0.39, 0.29) is 0 Å².